The highest BCUT2D eigenvalue weighted by Crippen LogP contribution is 2.37. The van der Waals surface area contributed by atoms with E-state index in [1.807, 2.05) is 23.0 Å². The molecule has 3 aromatic rings. The van der Waals surface area contributed by atoms with Crippen LogP contribution >= 0.6 is 15.9 Å². The molecule has 1 aliphatic rings. The smallest absolute Gasteiger partial charge is 0.222 e. The first-order chi connectivity index (χ1) is 10.8. The Hall–Kier alpha value is -2.21. The summed E-state index contributed by atoms with van der Waals surface area (Å²) in [5.41, 5.74) is 2.38. The van der Waals surface area contributed by atoms with Gasteiger partial charge in [-0.2, -0.15) is 10.1 Å². The van der Waals surface area contributed by atoms with E-state index in [1.54, 1.807) is 12.5 Å². The zero-order chi connectivity index (χ0) is 14.9. The van der Waals surface area contributed by atoms with Gasteiger partial charge in [0.15, 0.2) is 0 Å². The maximum atomic E-state index is 4.38. The van der Waals surface area contributed by atoms with Gasteiger partial charge in [0.25, 0.3) is 0 Å². The minimum Gasteiger partial charge on any atom is -0.347 e. The van der Waals surface area contributed by atoms with E-state index in [0.717, 1.165) is 22.4 Å². The summed E-state index contributed by atoms with van der Waals surface area (Å²) >= 11 is 3.55. The highest BCUT2D eigenvalue weighted by atomic mass is 79.9. The fraction of sp³-hybridized carbons (Fsp3) is 0.188. The molecule has 4 rings (SSSR count). The summed E-state index contributed by atoms with van der Waals surface area (Å²) in [6.45, 7) is 0. The molecule has 3 heterocycles. The molecule has 1 aliphatic heterocycles. The Morgan fingerprint density at radius 3 is 2.91 bits per heavy atom. The van der Waals surface area contributed by atoms with Crippen LogP contribution in [-0.4, -0.2) is 19.7 Å². The van der Waals surface area contributed by atoms with Crippen LogP contribution < -0.4 is 5.32 Å². The van der Waals surface area contributed by atoms with Crippen LogP contribution in [0.1, 0.15) is 29.6 Å². The van der Waals surface area contributed by atoms with Crippen LogP contribution in [0.2, 0.25) is 0 Å². The molecule has 2 atom stereocenters. The van der Waals surface area contributed by atoms with Crippen LogP contribution in [0, 0.1) is 0 Å². The largest absolute Gasteiger partial charge is 0.347 e. The van der Waals surface area contributed by atoms with Crippen molar-refractivity contribution in [2.75, 3.05) is 5.32 Å². The van der Waals surface area contributed by atoms with Gasteiger partial charge in [-0.05, 0) is 35.7 Å². The van der Waals surface area contributed by atoms with Gasteiger partial charge in [-0.1, -0.05) is 34.1 Å². The molecule has 0 saturated heterocycles. The lowest BCUT2D eigenvalue weighted by Crippen LogP contribution is -2.28. The first kappa shape index (κ1) is 13.5. The molecule has 5 nitrogen and oxygen atoms in total. The third kappa shape index (κ3) is 2.39. The van der Waals surface area contributed by atoms with Gasteiger partial charge in [-0.25, -0.2) is 4.68 Å². The summed E-state index contributed by atoms with van der Waals surface area (Å²) in [6, 6.07) is 12.7. The van der Waals surface area contributed by atoms with Crippen molar-refractivity contribution in [2.24, 2.45) is 0 Å². The molecule has 6 heteroatoms. The molecule has 0 bridgehead atoms. The number of pyridine rings is 1. The molecule has 0 fully saturated rings. The number of benzene rings is 1. The maximum Gasteiger partial charge on any atom is 0.222 e. The summed E-state index contributed by atoms with van der Waals surface area (Å²) in [6.07, 6.45) is 6.19. The van der Waals surface area contributed by atoms with Gasteiger partial charge in [0.05, 0.1) is 12.1 Å². The van der Waals surface area contributed by atoms with Crippen LogP contribution in [0.5, 0.6) is 0 Å². The summed E-state index contributed by atoms with van der Waals surface area (Å²) in [5.74, 6) is 0.796. The van der Waals surface area contributed by atoms with Crippen LogP contribution in [-0.2, 0) is 0 Å². The van der Waals surface area contributed by atoms with Crippen LogP contribution in [0.15, 0.2) is 59.6 Å². The van der Waals surface area contributed by atoms with Gasteiger partial charge >= 0.3 is 0 Å². The Morgan fingerprint density at radius 1 is 1.18 bits per heavy atom. The van der Waals surface area contributed by atoms with Gasteiger partial charge in [0.1, 0.15) is 6.33 Å². The van der Waals surface area contributed by atoms with Crippen molar-refractivity contribution in [3.8, 4) is 0 Å². The molecule has 110 valence electrons. The Balaban J connectivity index is 1.75. The second-order valence-corrected chi connectivity index (χ2v) is 6.23. The predicted molar refractivity (Wildman–Crippen MR) is 87.5 cm³/mol. The SMILES string of the molecule is Brc1cccc(C2CC(c3cccnc3)Nc3ncnn32)c1. The van der Waals surface area contributed by atoms with Crippen molar-refractivity contribution in [3.05, 3.63) is 70.7 Å². The van der Waals surface area contributed by atoms with E-state index in [1.165, 1.54) is 5.56 Å². The van der Waals surface area contributed by atoms with Crippen LogP contribution in [0.25, 0.3) is 0 Å². The number of rotatable bonds is 2. The highest BCUT2D eigenvalue weighted by molar-refractivity contribution is 9.10. The molecule has 0 amide bonds. The van der Waals surface area contributed by atoms with Crippen molar-refractivity contribution >= 4 is 21.9 Å². The number of hydrogen-bond acceptors (Lipinski definition) is 4. The summed E-state index contributed by atoms with van der Waals surface area (Å²) in [4.78, 5) is 8.56. The maximum absolute atomic E-state index is 4.38. The van der Waals surface area contributed by atoms with E-state index in [9.17, 15) is 0 Å². The summed E-state index contributed by atoms with van der Waals surface area (Å²) in [5, 5.41) is 7.83. The van der Waals surface area contributed by atoms with E-state index in [-0.39, 0.29) is 12.1 Å². The van der Waals surface area contributed by atoms with Crippen LogP contribution in [0.4, 0.5) is 5.95 Å². The van der Waals surface area contributed by atoms with Crippen molar-refractivity contribution < 1.29 is 0 Å². The lowest BCUT2D eigenvalue weighted by atomic mass is 9.94. The van der Waals surface area contributed by atoms with Gasteiger partial charge < -0.3 is 5.32 Å². The number of nitrogens with zero attached hydrogens (tertiary/aromatic N) is 4. The molecular weight excluding hydrogens is 342 g/mol. The molecule has 1 N–H and O–H groups in total. The first-order valence-corrected chi connectivity index (χ1v) is 7.92. The van der Waals surface area contributed by atoms with E-state index >= 15 is 0 Å². The van der Waals surface area contributed by atoms with Gasteiger partial charge in [-0.3, -0.25) is 4.98 Å². The quantitative estimate of drug-likeness (QED) is 0.763. The second kappa shape index (κ2) is 5.53. The van der Waals surface area contributed by atoms with E-state index in [4.69, 9.17) is 0 Å². The Bertz CT molecular complexity index is 786. The average Bonchev–Trinajstić information content (AvgIpc) is 3.03. The van der Waals surface area contributed by atoms with Gasteiger partial charge in [0, 0.05) is 16.9 Å². The third-order valence-corrected chi connectivity index (χ3v) is 4.44. The lowest BCUT2D eigenvalue weighted by Gasteiger charge is -2.31. The zero-order valence-electron chi connectivity index (χ0n) is 11.7. The Kier molecular flexibility index (Phi) is 3.38. The molecule has 22 heavy (non-hydrogen) atoms. The molecule has 0 saturated carbocycles. The molecule has 1 aromatic carbocycles. The van der Waals surface area contributed by atoms with Gasteiger partial charge in [-0.15, -0.1) is 0 Å². The number of hydrogen-bond donors (Lipinski definition) is 1. The molecular formula is C16H14BrN5. The van der Waals surface area contributed by atoms with E-state index in [2.05, 4.69) is 60.6 Å². The fourth-order valence-corrected chi connectivity index (χ4v) is 3.33. The zero-order valence-corrected chi connectivity index (χ0v) is 13.3. The number of fused-ring (bicyclic) bond motifs is 1. The summed E-state index contributed by atoms with van der Waals surface area (Å²) < 4.78 is 3.03. The minimum absolute atomic E-state index is 0.154. The average molecular weight is 356 g/mol. The lowest BCUT2D eigenvalue weighted by molar-refractivity contribution is 0.430. The molecule has 0 spiro atoms. The standard InChI is InChI=1S/C16H14BrN5/c17-13-5-1-3-11(7-13)15-8-14(12-4-2-6-18-9-12)21-16-19-10-20-22(15)16/h1-7,9-10,14-15H,8H2,(H,19,20,21). The molecule has 0 aliphatic carbocycles. The van der Waals surface area contributed by atoms with Crippen LogP contribution in [0.3, 0.4) is 0 Å². The molecule has 2 unspecified atom stereocenters. The predicted octanol–water partition coefficient (Wildman–Crippen LogP) is 3.58. The minimum atomic E-state index is 0.154. The number of halogens is 1. The molecule has 0 radical (unpaired) electrons. The molecule has 2 aromatic heterocycles. The monoisotopic (exact) mass is 355 g/mol. The Labute approximate surface area is 136 Å². The topological polar surface area (TPSA) is 55.6 Å². The normalized spacial score (nSPS) is 20.2. The van der Waals surface area contributed by atoms with Gasteiger partial charge in [0.2, 0.25) is 5.95 Å². The first-order valence-electron chi connectivity index (χ1n) is 7.13. The van der Waals surface area contributed by atoms with Crippen molar-refractivity contribution in [3.63, 3.8) is 0 Å². The van der Waals surface area contributed by atoms with Crippen molar-refractivity contribution in [1.29, 1.82) is 0 Å². The number of nitrogens with one attached hydrogen (secondary N) is 1. The number of anilines is 1. The van der Waals surface area contributed by atoms with E-state index < -0.39 is 0 Å². The second-order valence-electron chi connectivity index (χ2n) is 5.32. The van der Waals surface area contributed by atoms with Crippen molar-refractivity contribution in [1.82, 2.24) is 19.7 Å². The van der Waals surface area contributed by atoms with E-state index in [0.29, 0.717) is 0 Å². The fourth-order valence-electron chi connectivity index (χ4n) is 2.91. The third-order valence-electron chi connectivity index (χ3n) is 3.95. The Morgan fingerprint density at radius 2 is 2.09 bits per heavy atom. The summed E-state index contributed by atoms with van der Waals surface area (Å²) in [7, 11) is 0. The highest BCUT2D eigenvalue weighted by Gasteiger charge is 2.29. The number of aromatic nitrogens is 4. The van der Waals surface area contributed by atoms with Crippen molar-refractivity contribution in [2.45, 2.75) is 18.5 Å².